The summed E-state index contributed by atoms with van der Waals surface area (Å²) in [4.78, 5) is 0. The van der Waals surface area contributed by atoms with Crippen molar-refractivity contribution in [3.8, 4) is 5.75 Å². The van der Waals surface area contributed by atoms with E-state index in [0.29, 0.717) is 10.8 Å². The molecule has 0 heterocycles. The Bertz CT molecular complexity index is 404. The van der Waals surface area contributed by atoms with E-state index in [2.05, 4.69) is 0 Å². The minimum absolute atomic E-state index is 0.231. The standard InChI is InChI=1S/C13H17ClO3/c1-16-8-13(15,9-3-4-9)11-7-10(14)5-6-12(11)17-2/h5-7,9,15H,3-4,8H2,1-2H3. The fourth-order valence-corrected chi connectivity index (χ4v) is 2.39. The smallest absolute Gasteiger partial charge is 0.125 e. The molecular weight excluding hydrogens is 240 g/mol. The van der Waals surface area contributed by atoms with Crippen molar-refractivity contribution in [3.63, 3.8) is 0 Å². The molecule has 0 aliphatic heterocycles. The van der Waals surface area contributed by atoms with Gasteiger partial charge in [0.1, 0.15) is 11.4 Å². The quantitative estimate of drug-likeness (QED) is 0.880. The first-order chi connectivity index (χ1) is 8.11. The Kier molecular flexibility index (Phi) is 3.61. The van der Waals surface area contributed by atoms with Gasteiger partial charge in [-0.25, -0.2) is 0 Å². The Balaban J connectivity index is 2.44. The van der Waals surface area contributed by atoms with E-state index < -0.39 is 5.60 Å². The third kappa shape index (κ3) is 2.41. The number of halogens is 1. The Morgan fingerprint density at radius 3 is 2.65 bits per heavy atom. The lowest BCUT2D eigenvalue weighted by Gasteiger charge is -2.29. The molecule has 0 saturated heterocycles. The normalized spacial score (nSPS) is 18.8. The zero-order valence-electron chi connectivity index (χ0n) is 10.1. The van der Waals surface area contributed by atoms with Crippen molar-refractivity contribution >= 4 is 11.6 Å². The van der Waals surface area contributed by atoms with Crippen LogP contribution in [0.3, 0.4) is 0 Å². The highest BCUT2D eigenvalue weighted by Crippen LogP contribution is 2.48. The van der Waals surface area contributed by atoms with E-state index in [4.69, 9.17) is 21.1 Å². The molecule has 2 rings (SSSR count). The maximum atomic E-state index is 10.8. The molecule has 94 valence electrons. The lowest BCUT2D eigenvalue weighted by molar-refractivity contribution is -0.0545. The number of methoxy groups -OCH3 is 2. The van der Waals surface area contributed by atoms with E-state index in [0.717, 1.165) is 18.4 Å². The number of hydrogen-bond donors (Lipinski definition) is 1. The lowest BCUT2D eigenvalue weighted by atomic mass is 9.89. The van der Waals surface area contributed by atoms with Crippen LogP contribution in [0.15, 0.2) is 18.2 Å². The van der Waals surface area contributed by atoms with Gasteiger partial charge in [-0.05, 0) is 37.0 Å². The summed E-state index contributed by atoms with van der Waals surface area (Å²) in [7, 11) is 3.18. The van der Waals surface area contributed by atoms with Crippen LogP contribution in [0.1, 0.15) is 18.4 Å². The maximum absolute atomic E-state index is 10.8. The summed E-state index contributed by atoms with van der Waals surface area (Å²) in [6, 6.07) is 5.29. The van der Waals surface area contributed by atoms with Crippen molar-refractivity contribution in [1.82, 2.24) is 0 Å². The van der Waals surface area contributed by atoms with Crippen molar-refractivity contribution in [3.05, 3.63) is 28.8 Å². The molecule has 0 aromatic heterocycles. The molecule has 0 bridgehead atoms. The molecule has 1 aromatic carbocycles. The van der Waals surface area contributed by atoms with Crippen LogP contribution in [0, 0.1) is 5.92 Å². The molecule has 4 heteroatoms. The van der Waals surface area contributed by atoms with E-state index >= 15 is 0 Å². The first-order valence-electron chi connectivity index (χ1n) is 5.67. The van der Waals surface area contributed by atoms with Gasteiger partial charge in [0.15, 0.2) is 0 Å². The summed E-state index contributed by atoms with van der Waals surface area (Å²) in [5.74, 6) is 0.885. The van der Waals surface area contributed by atoms with Gasteiger partial charge in [0.25, 0.3) is 0 Å². The summed E-state index contributed by atoms with van der Waals surface area (Å²) in [6.07, 6.45) is 2.02. The van der Waals surface area contributed by atoms with E-state index in [9.17, 15) is 5.11 Å². The molecule has 17 heavy (non-hydrogen) atoms. The highest BCUT2D eigenvalue weighted by atomic mass is 35.5. The first-order valence-corrected chi connectivity index (χ1v) is 6.05. The van der Waals surface area contributed by atoms with Crippen molar-refractivity contribution in [1.29, 1.82) is 0 Å². The molecule has 1 saturated carbocycles. The van der Waals surface area contributed by atoms with Gasteiger partial charge in [-0.3, -0.25) is 0 Å². The molecule has 0 radical (unpaired) electrons. The average molecular weight is 257 g/mol. The third-order valence-electron chi connectivity index (χ3n) is 3.25. The van der Waals surface area contributed by atoms with Gasteiger partial charge in [-0.1, -0.05) is 11.6 Å². The molecule has 1 unspecified atom stereocenters. The number of rotatable bonds is 5. The van der Waals surface area contributed by atoms with Crippen LogP contribution in [0.5, 0.6) is 5.75 Å². The van der Waals surface area contributed by atoms with Crippen LogP contribution < -0.4 is 4.74 Å². The Morgan fingerprint density at radius 1 is 1.41 bits per heavy atom. The van der Waals surface area contributed by atoms with Gasteiger partial charge in [-0.2, -0.15) is 0 Å². The van der Waals surface area contributed by atoms with E-state index in [1.54, 1.807) is 32.4 Å². The first kappa shape index (κ1) is 12.7. The molecule has 1 fully saturated rings. The fraction of sp³-hybridized carbons (Fsp3) is 0.538. The van der Waals surface area contributed by atoms with Crippen molar-refractivity contribution in [2.24, 2.45) is 5.92 Å². The molecule has 0 spiro atoms. The van der Waals surface area contributed by atoms with Crippen LogP contribution in [0.25, 0.3) is 0 Å². The van der Waals surface area contributed by atoms with Crippen LogP contribution in [-0.4, -0.2) is 25.9 Å². The van der Waals surface area contributed by atoms with Crippen molar-refractivity contribution in [2.75, 3.05) is 20.8 Å². The second-order valence-electron chi connectivity index (χ2n) is 4.48. The number of ether oxygens (including phenoxy) is 2. The van der Waals surface area contributed by atoms with Crippen LogP contribution in [0.4, 0.5) is 0 Å². The summed E-state index contributed by atoms with van der Waals surface area (Å²) in [6.45, 7) is 0.258. The summed E-state index contributed by atoms with van der Waals surface area (Å²) in [5.41, 5.74) is -0.276. The highest BCUT2D eigenvalue weighted by Gasteiger charge is 2.46. The van der Waals surface area contributed by atoms with E-state index in [1.165, 1.54) is 0 Å². The van der Waals surface area contributed by atoms with Crippen molar-refractivity contribution in [2.45, 2.75) is 18.4 Å². The molecule has 3 nitrogen and oxygen atoms in total. The summed E-state index contributed by atoms with van der Waals surface area (Å²) >= 11 is 6.00. The maximum Gasteiger partial charge on any atom is 0.125 e. The molecule has 1 aliphatic rings. The SMILES string of the molecule is COCC(O)(c1cc(Cl)ccc1OC)C1CC1. The topological polar surface area (TPSA) is 38.7 Å². The van der Waals surface area contributed by atoms with Crippen LogP contribution >= 0.6 is 11.6 Å². The van der Waals surface area contributed by atoms with Crippen molar-refractivity contribution < 1.29 is 14.6 Å². The molecule has 0 amide bonds. The summed E-state index contributed by atoms with van der Waals surface area (Å²) < 4.78 is 10.5. The summed E-state index contributed by atoms with van der Waals surface area (Å²) in [5, 5.41) is 11.4. The lowest BCUT2D eigenvalue weighted by Crippen LogP contribution is -2.34. The van der Waals surface area contributed by atoms with Crippen LogP contribution in [-0.2, 0) is 10.3 Å². The average Bonchev–Trinajstić information content (AvgIpc) is 3.13. The monoisotopic (exact) mass is 256 g/mol. The van der Waals surface area contributed by atoms with Gasteiger partial charge >= 0.3 is 0 Å². The van der Waals surface area contributed by atoms with Gasteiger partial charge in [0.2, 0.25) is 0 Å². The van der Waals surface area contributed by atoms with Gasteiger partial charge in [0.05, 0.1) is 13.7 Å². The second kappa shape index (κ2) is 4.84. The van der Waals surface area contributed by atoms with E-state index in [-0.39, 0.29) is 12.5 Å². The van der Waals surface area contributed by atoms with Gasteiger partial charge < -0.3 is 14.6 Å². The number of benzene rings is 1. The zero-order chi connectivity index (χ0) is 12.5. The van der Waals surface area contributed by atoms with Crippen LogP contribution in [0.2, 0.25) is 5.02 Å². The molecular formula is C13H17ClO3. The molecule has 1 aromatic rings. The number of hydrogen-bond acceptors (Lipinski definition) is 3. The minimum atomic E-state index is -0.995. The van der Waals surface area contributed by atoms with Gasteiger partial charge in [0, 0.05) is 17.7 Å². The fourth-order valence-electron chi connectivity index (χ4n) is 2.21. The Morgan fingerprint density at radius 2 is 2.12 bits per heavy atom. The second-order valence-corrected chi connectivity index (χ2v) is 4.91. The third-order valence-corrected chi connectivity index (χ3v) is 3.48. The molecule has 1 N–H and O–H groups in total. The zero-order valence-corrected chi connectivity index (χ0v) is 10.8. The van der Waals surface area contributed by atoms with Gasteiger partial charge in [-0.15, -0.1) is 0 Å². The Labute approximate surface area is 106 Å². The van der Waals surface area contributed by atoms with E-state index in [1.807, 2.05) is 0 Å². The molecule has 1 aliphatic carbocycles. The molecule has 1 atom stereocenters. The highest BCUT2D eigenvalue weighted by molar-refractivity contribution is 6.30. The largest absolute Gasteiger partial charge is 0.496 e. The predicted octanol–water partition coefficient (Wildman–Crippen LogP) is 2.59. The Hall–Kier alpha value is -0.770. The predicted molar refractivity (Wildman–Crippen MR) is 66.5 cm³/mol. The minimum Gasteiger partial charge on any atom is -0.496 e. The number of aliphatic hydroxyl groups is 1.